The Hall–Kier alpha value is 0.314. The Balaban J connectivity index is 2.42. The molecule has 0 amide bonds. The topological polar surface area (TPSA) is 15.7 Å². The van der Waals surface area contributed by atoms with Crippen LogP contribution in [0.2, 0.25) is 32.7 Å². The highest BCUT2D eigenvalue weighted by molar-refractivity contribution is 6.84. The van der Waals surface area contributed by atoms with Gasteiger partial charge in [-0.2, -0.15) is 0 Å². The Morgan fingerprint density at radius 1 is 1.07 bits per heavy atom. The molecule has 3 nitrogen and oxygen atoms in total. The molecule has 5 heteroatoms. The van der Waals surface area contributed by atoms with E-state index in [1.54, 1.807) is 0 Å². The van der Waals surface area contributed by atoms with Crippen LogP contribution in [0.15, 0.2) is 0 Å². The van der Waals surface area contributed by atoms with Crippen LogP contribution >= 0.6 is 0 Å². The first-order valence-corrected chi connectivity index (χ1v) is 12.3. The Morgan fingerprint density at radius 2 is 1.67 bits per heavy atom. The van der Waals surface area contributed by atoms with Gasteiger partial charge in [-0.25, -0.2) is 0 Å². The normalized spacial score (nSPS) is 21.2. The third-order valence-electron chi connectivity index (χ3n) is 2.43. The Labute approximate surface area is 96.7 Å². The van der Waals surface area contributed by atoms with Crippen LogP contribution in [0, 0.1) is 0 Å². The van der Waals surface area contributed by atoms with E-state index in [4.69, 9.17) is 4.12 Å². The lowest BCUT2D eigenvalue weighted by atomic mass is 10.6. The summed E-state index contributed by atoms with van der Waals surface area (Å²) >= 11 is 0. The number of nitrogens with zero attached hydrogens (tertiary/aromatic N) is 2. The van der Waals surface area contributed by atoms with Gasteiger partial charge in [0, 0.05) is 19.3 Å². The smallest absolute Gasteiger partial charge is 0.187 e. The van der Waals surface area contributed by atoms with Gasteiger partial charge in [-0.15, -0.1) is 0 Å². The van der Waals surface area contributed by atoms with Crippen LogP contribution < -0.4 is 0 Å². The van der Waals surface area contributed by atoms with Crippen molar-refractivity contribution in [1.82, 2.24) is 9.80 Å². The molecule has 0 aromatic rings. The van der Waals surface area contributed by atoms with Gasteiger partial charge in [0.25, 0.3) is 0 Å². The van der Waals surface area contributed by atoms with Crippen molar-refractivity contribution in [3.05, 3.63) is 0 Å². The SMILES string of the molecule is CN1CCN(C[Si](C)(C)O[Si](C)(C)C)C1. The van der Waals surface area contributed by atoms with Gasteiger partial charge >= 0.3 is 0 Å². The van der Waals surface area contributed by atoms with Crippen molar-refractivity contribution in [2.45, 2.75) is 32.7 Å². The van der Waals surface area contributed by atoms with Crippen molar-refractivity contribution in [3.8, 4) is 0 Å². The minimum atomic E-state index is -1.47. The second kappa shape index (κ2) is 4.67. The lowest BCUT2D eigenvalue weighted by molar-refractivity contribution is 0.294. The first kappa shape index (κ1) is 13.4. The lowest BCUT2D eigenvalue weighted by Gasteiger charge is -2.34. The molecular weight excluding hydrogens is 220 g/mol. The van der Waals surface area contributed by atoms with Crippen LogP contribution in [0.1, 0.15) is 0 Å². The monoisotopic (exact) mass is 246 g/mol. The summed E-state index contributed by atoms with van der Waals surface area (Å²) in [6, 6.07) is 0. The maximum Gasteiger partial charge on any atom is 0.187 e. The van der Waals surface area contributed by atoms with E-state index in [0.29, 0.717) is 0 Å². The van der Waals surface area contributed by atoms with Crippen molar-refractivity contribution in [1.29, 1.82) is 0 Å². The third-order valence-corrected chi connectivity index (χ3v) is 8.29. The third kappa shape index (κ3) is 5.26. The minimum Gasteiger partial charge on any atom is -0.455 e. The molecule has 1 rings (SSSR count). The molecule has 0 saturated carbocycles. The van der Waals surface area contributed by atoms with E-state index in [-0.39, 0.29) is 0 Å². The first-order chi connectivity index (χ1) is 6.68. The van der Waals surface area contributed by atoms with Crippen LogP contribution in [0.5, 0.6) is 0 Å². The number of hydrogen-bond donors (Lipinski definition) is 0. The quantitative estimate of drug-likeness (QED) is 0.704. The minimum absolute atomic E-state index is 1.12. The summed E-state index contributed by atoms with van der Waals surface area (Å²) in [5, 5.41) is 0. The van der Waals surface area contributed by atoms with Crippen molar-refractivity contribution >= 4 is 16.6 Å². The van der Waals surface area contributed by atoms with Gasteiger partial charge in [0.2, 0.25) is 0 Å². The molecule has 1 fully saturated rings. The summed E-state index contributed by atoms with van der Waals surface area (Å²) in [5.74, 6) is 0. The van der Waals surface area contributed by atoms with Crippen molar-refractivity contribution in [2.75, 3.05) is 33.0 Å². The van der Waals surface area contributed by atoms with E-state index >= 15 is 0 Å². The molecule has 1 aliphatic heterocycles. The zero-order valence-corrected chi connectivity index (χ0v) is 13.1. The van der Waals surface area contributed by atoms with Gasteiger partial charge in [-0.3, -0.25) is 9.80 Å². The molecule has 0 bridgehead atoms. The first-order valence-electron chi connectivity index (χ1n) is 5.79. The number of likely N-dealkylation sites (N-methyl/N-ethyl adjacent to an activating group) is 1. The maximum atomic E-state index is 6.34. The summed E-state index contributed by atoms with van der Waals surface area (Å²) in [6.45, 7) is 15.1. The number of hydrogen-bond acceptors (Lipinski definition) is 3. The number of rotatable bonds is 4. The summed E-state index contributed by atoms with van der Waals surface area (Å²) in [4.78, 5) is 4.91. The Morgan fingerprint density at radius 3 is 2.07 bits per heavy atom. The second-order valence-electron chi connectivity index (χ2n) is 6.25. The molecule has 0 radical (unpaired) electrons. The molecule has 0 N–H and O–H groups in total. The van der Waals surface area contributed by atoms with Gasteiger partial charge in [0.15, 0.2) is 16.6 Å². The molecule has 1 heterocycles. The van der Waals surface area contributed by atoms with Crippen molar-refractivity contribution in [3.63, 3.8) is 0 Å². The predicted molar refractivity (Wildman–Crippen MR) is 71.0 cm³/mol. The van der Waals surface area contributed by atoms with Crippen LogP contribution in [-0.2, 0) is 4.12 Å². The van der Waals surface area contributed by atoms with E-state index in [0.717, 1.165) is 6.67 Å². The summed E-state index contributed by atoms with van der Waals surface area (Å²) in [6.07, 6.45) is 1.18. The lowest BCUT2D eigenvalue weighted by Crippen LogP contribution is -2.50. The zero-order chi connectivity index (χ0) is 11.7. The van der Waals surface area contributed by atoms with E-state index in [9.17, 15) is 0 Å². The van der Waals surface area contributed by atoms with E-state index < -0.39 is 16.6 Å². The van der Waals surface area contributed by atoms with Crippen LogP contribution in [0.3, 0.4) is 0 Å². The van der Waals surface area contributed by atoms with Crippen molar-refractivity contribution in [2.24, 2.45) is 0 Å². The molecule has 0 unspecified atom stereocenters. The summed E-state index contributed by atoms with van der Waals surface area (Å²) < 4.78 is 6.34. The summed E-state index contributed by atoms with van der Waals surface area (Å²) in [7, 11) is -0.644. The highest BCUT2D eigenvalue weighted by Crippen LogP contribution is 2.16. The fourth-order valence-electron chi connectivity index (χ4n) is 2.32. The summed E-state index contributed by atoms with van der Waals surface area (Å²) in [5.41, 5.74) is 0. The van der Waals surface area contributed by atoms with Gasteiger partial charge < -0.3 is 4.12 Å². The largest absolute Gasteiger partial charge is 0.455 e. The van der Waals surface area contributed by atoms with E-state index in [1.807, 2.05) is 0 Å². The maximum absolute atomic E-state index is 6.34. The van der Waals surface area contributed by atoms with Gasteiger partial charge in [-0.05, 0) is 39.8 Å². The van der Waals surface area contributed by atoms with Crippen LogP contribution in [0.25, 0.3) is 0 Å². The molecule has 1 aliphatic rings. The Bertz CT molecular complexity index is 216. The molecule has 0 spiro atoms. The molecule has 90 valence electrons. The highest BCUT2D eigenvalue weighted by Gasteiger charge is 2.32. The van der Waals surface area contributed by atoms with Crippen LogP contribution in [0.4, 0.5) is 0 Å². The fourth-order valence-corrected chi connectivity index (χ4v) is 10.5. The molecular formula is C10H26N2OSi2. The molecule has 0 aliphatic carbocycles. The van der Waals surface area contributed by atoms with Gasteiger partial charge in [-0.1, -0.05) is 0 Å². The highest BCUT2D eigenvalue weighted by atomic mass is 28.4. The molecule has 15 heavy (non-hydrogen) atoms. The molecule has 0 aromatic heterocycles. The zero-order valence-electron chi connectivity index (χ0n) is 11.1. The molecule has 0 aromatic carbocycles. The van der Waals surface area contributed by atoms with Gasteiger partial charge in [0.1, 0.15) is 0 Å². The second-order valence-corrected chi connectivity index (χ2v) is 15.1. The molecule has 1 saturated heterocycles. The standard InChI is InChI=1S/C10H26N2OSi2/c1-11-7-8-12(9-11)10-15(5,6)13-14(2,3)4/h7-10H2,1-6H3. The average Bonchev–Trinajstić information content (AvgIpc) is 2.27. The average molecular weight is 247 g/mol. The van der Waals surface area contributed by atoms with E-state index in [2.05, 4.69) is 49.6 Å². The van der Waals surface area contributed by atoms with E-state index in [1.165, 1.54) is 19.3 Å². The Kier molecular flexibility index (Phi) is 4.16. The predicted octanol–water partition coefficient (Wildman–Crippen LogP) is 1.79. The fraction of sp³-hybridized carbons (Fsp3) is 1.00. The van der Waals surface area contributed by atoms with Gasteiger partial charge in [0.05, 0.1) is 6.67 Å². The van der Waals surface area contributed by atoms with Crippen molar-refractivity contribution < 1.29 is 4.12 Å². The molecule has 0 atom stereocenters. The van der Waals surface area contributed by atoms with Crippen LogP contribution in [-0.4, -0.2) is 59.4 Å².